The average molecular weight is 317 g/mol. The van der Waals surface area contributed by atoms with Crippen molar-refractivity contribution in [3.8, 4) is 0 Å². The number of rotatable bonds is 6. The van der Waals surface area contributed by atoms with Crippen molar-refractivity contribution in [1.29, 1.82) is 0 Å². The second kappa shape index (κ2) is 7.56. The number of benzene rings is 1. The summed E-state index contributed by atoms with van der Waals surface area (Å²) in [6.45, 7) is 4.29. The van der Waals surface area contributed by atoms with Gasteiger partial charge in [0.2, 0.25) is 0 Å². The first kappa shape index (κ1) is 15.3. The van der Waals surface area contributed by atoms with E-state index in [1.165, 1.54) is 17.6 Å². The van der Waals surface area contributed by atoms with Crippen LogP contribution in [0.1, 0.15) is 24.8 Å². The van der Waals surface area contributed by atoms with Crippen molar-refractivity contribution in [3.05, 3.63) is 53.3 Å². The van der Waals surface area contributed by atoms with Crippen molar-refractivity contribution < 1.29 is 0 Å². The van der Waals surface area contributed by atoms with Crippen molar-refractivity contribution in [2.24, 2.45) is 0 Å². The van der Waals surface area contributed by atoms with Crippen LogP contribution in [0.5, 0.6) is 0 Å². The van der Waals surface area contributed by atoms with Gasteiger partial charge in [0, 0.05) is 30.9 Å². The fraction of sp³-hybridized carbons (Fsp3) is 0.412. The van der Waals surface area contributed by atoms with Crippen molar-refractivity contribution in [3.63, 3.8) is 0 Å². The van der Waals surface area contributed by atoms with Crippen LogP contribution in [-0.4, -0.2) is 39.5 Å². The van der Waals surface area contributed by atoms with E-state index in [0.717, 1.165) is 44.0 Å². The van der Waals surface area contributed by atoms with E-state index in [2.05, 4.69) is 33.4 Å². The van der Waals surface area contributed by atoms with Crippen LogP contribution in [0.25, 0.3) is 5.57 Å². The van der Waals surface area contributed by atoms with Gasteiger partial charge in [-0.3, -0.25) is 9.58 Å². The number of unbranched alkanes of at least 4 members (excludes halogenated alkanes) is 1. The number of hydrogen-bond acceptors (Lipinski definition) is 3. The summed E-state index contributed by atoms with van der Waals surface area (Å²) < 4.78 is 1.90. The summed E-state index contributed by atoms with van der Waals surface area (Å²) >= 11 is 5.94. The minimum Gasteiger partial charge on any atom is -0.299 e. The van der Waals surface area contributed by atoms with Gasteiger partial charge in [-0.2, -0.15) is 0 Å². The van der Waals surface area contributed by atoms with Gasteiger partial charge in [-0.05, 0) is 49.1 Å². The second-order valence-corrected chi connectivity index (χ2v) is 6.10. The van der Waals surface area contributed by atoms with Crippen LogP contribution in [0.2, 0.25) is 5.02 Å². The van der Waals surface area contributed by atoms with Gasteiger partial charge >= 0.3 is 0 Å². The van der Waals surface area contributed by atoms with E-state index >= 15 is 0 Å². The van der Waals surface area contributed by atoms with Crippen LogP contribution in [0.3, 0.4) is 0 Å². The van der Waals surface area contributed by atoms with Gasteiger partial charge in [-0.1, -0.05) is 35.0 Å². The summed E-state index contributed by atoms with van der Waals surface area (Å²) in [7, 11) is 0. The number of hydrogen-bond donors (Lipinski definition) is 0. The number of nitrogens with zero attached hydrogens (tertiary/aromatic N) is 4. The smallest absolute Gasteiger partial charge is 0.0692 e. The van der Waals surface area contributed by atoms with E-state index in [1.54, 1.807) is 6.20 Å². The first-order chi connectivity index (χ1) is 10.8. The van der Waals surface area contributed by atoms with Gasteiger partial charge in [-0.15, -0.1) is 5.10 Å². The van der Waals surface area contributed by atoms with E-state index in [0.29, 0.717) is 0 Å². The lowest BCUT2D eigenvalue weighted by Crippen LogP contribution is -2.29. The largest absolute Gasteiger partial charge is 0.299 e. The molecule has 5 heteroatoms. The Morgan fingerprint density at radius 3 is 2.59 bits per heavy atom. The molecule has 0 saturated carbocycles. The van der Waals surface area contributed by atoms with E-state index in [4.69, 9.17) is 11.6 Å². The third-order valence-corrected chi connectivity index (χ3v) is 4.34. The summed E-state index contributed by atoms with van der Waals surface area (Å²) in [5, 5.41) is 8.60. The Hall–Kier alpha value is -1.65. The molecule has 2 heterocycles. The Morgan fingerprint density at radius 2 is 1.91 bits per heavy atom. The third-order valence-electron chi connectivity index (χ3n) is 4.09. The molecule has 0 saturated heterocycles. The van der Waals surface area contributed by atoms with Gasteiger partial charge in [0.05, 0.1) is 6.20 Å². The molecule has 0 spiro atoms. The fourth-order valence-electron chi connectivity index (χ4n) is 2.80. The van der Waals surface area contributed by atoms with Crippen LogP contribution < -0.4 is 0 Å². The van der Waals surface area contributed by atoms with Crippen molar-refractivity contribution >= 4 is 17.2 Å². The van der Waals surface area contributed by atoms with Crippen molar-refractivity contribution in [2.75, 3.05) is 19.6 Å². The highest BCUT2D eigenvalue weighted by Crippen LogP contribution is 2.23. The first-order valence-corrected chi connectivity index (χ1v) is 8.20. The van der Waals surface area contributed by atoms with E-state index in [9.17, 15) is 0 Å². The predicted molar refractivity (Wildman–Crippen MR) is 89.7 cm³/mol. The topological polar surface area (TPSA) is 34.0 Å². The summed E-state index contributed by atoms with van der Waals surface area (Å²) in [5.74, 6) is 0. The Balaban J connectivity index is 1.42. The number of halogens is 1. The molecule has 22 heavy (non-hydrogen) atoms. The molecule has 0 aliphatic carbocycles. The van der Waals surface area contributed by atoms with Crippen molar-refractivity contribution in [1.82, 2.24) is 19.9 Å². The lowest BCUT2D eigenvalue weighted by atomic mass is 9.99. The molecule has 2 aromatic rings. The lowest BCUT2D eigenvalue weighted by Gasteiger charge is -2.26. The fourth-order valence-corrected chi connectivity index (χ4v) is 2.93. The zero-order valence-electron chi connectivity index (χ0n) is 12.7. The molecule has 0 unspecified atom stereocenters. The molecule has 1 aromatic heterocycles. The summed E-state index contributed by atoms with van der Waals surface area (Å²) in [6.07, 6.45) is 9.46. The highest BCUT2D eigenvalue weighted by Gasteiger charge is 2.12. The molecule has 0 bridgehead atoms. The van der Waals surface area contributed by atoms with Crippen LogP contribution in [0.4, 0.5) is 0 Å². The van der Waals surface area contributed by atoms with E-state index in [-0.39, 0.29) is 0 Å². The molecule has 1 aliphatic rings. The molecular weight excluding hydrogens is 296 g/mol. The Morgan fingerprint density at radius 1 is 1.09 bits per heavy atom. The average Bonchev–Trinajstić information content (AvgIpc) is 3.06. The molecule has 0 atom stereocenters. The molecule has 0 N–H and O–H groups in total. The quantitative estimate of drug-likeness (QED) is 0.765. The Bertz CT molecular complexity index is 604. The maximum atomic E-state index is 5.94. The standard InChI is InChI=1S/C17H21ClN4/c18-17-5-3-15(4-6-17)16-7-12-21(13-8-16)10-1-2-11-22-14-9-19-20-22/h3-7,9,14H,1-2,8,10-13H2. The zero-order chi connectivity index (χ0) is 15.2. The Kier molecular flexibility index (Phi) is 5.24. The highest BCUT2D eigenvalue weighted by atomic mass is 35.5. The van der Waals surface area contributed by atoms with Gasteiger partial charge in [0.25, 0.3) is 0 Å². The highest BCUT2D eigenvalue weighted by molar-refractivity contribution is 6.30. The molecule has 116 valence electrons. The third kappa shape index (κ3) is 4.18. The molecule has 1 aliphatic heterocycles. The molecule has 4 nitrogen and oxygen atoms in total. The van der Waals surface area contributed by atoms with Gasteiger partial charge in [0.1, 0.15) is 0 Å². The Labute approximate surface area is 136 Å². The second-order valence-electron chi connectivity index (χ2n) is 5.66. The van der Waals surface area contributed by atoms with Crippen LogP contribution >= 0.6 is 11.6 Å². The molecule has 0 radical (unpaired) electrons. The van der Waals surface area contributed by atoms with Gasteiger partial charge in [0.15, 0.2) is 0 Å². The molecule has 0 fully saturated rings. The van der Waals surface area contributed by atoms with E-state index < -0.39 is 0 Å². The monoisotopic (exact) mass is 316 g/mol. The SMILES string of the molecule is Clc1ccc(C2=CCN(CCCCn3ccnn3)CC2)cc1. The normalized spacial score (nSPS) is 15.8. The number of aryl methyl sites for hydroxylation is 1. The minimum absolute atomic E-state index is 0.800. The number of aromatic nitrogens is 3. The van der Waals surface area contributed by atoms with Crippen LogP contribution in [0.15, 0.2) is 42.7 Å². The zero-order valence-corrected chi connectivity index (χ0v) is 13.4. The molecule has 1 aromatic carbocycles. The minimum atomic E-state index is 0.800. The van der Waals surface area contributed by atoms with Gasteiger partial charge < -0.3 is 0 Å². The maximum Gasteiger partial charge on any atom is 0.0692 e. The van der Waals surface area contributed by atoms with Crippen molar-refractivity contribution in [2.45, 2.75) is 25.8 Å². The van der Waals surface area contributed by atoms with Crippen LogP contribution in [0, 0.1) is 0 Å². The van der Waals surface area contributed by atoms with Gasteiger partial charge in [-0.25, -0.2) is 0 Å². The predicted octanol–water partition coefficient (Wildman–Crippen LogP) is 3.50. The summed E-state index contributed by atoms with van der Waals surface area (Å²) in [6, 6.07) is 8.16. The van der Waals surface area contributed by atoms with E-state index in [1.807, 2.05) is 23.0 Å². The molecule has 3 rings (SSSR count). The molecule has 0 amide bonds. The maximum absolute atomic E-state index is 5.94. The lowest BCUT2D eigenvalue weighted by molar-refractivity contribution is 0.291. The summed E-state index contributed by atoms with van der Waals surface area (Å²) in [5.41, 5.74) is 2.74. The summed E-state index contributed by atoms with van der Waals surface area (Å²) in [4.78, 5) is 2.51. The van der Waals surface area contributed by atoms with Crippen LogP contribution in [-0.2, 0) is 6.54 Å². The molecular formula is C17H21ClN4. The first-order valence-electron chi connectivity index (χ1n) is 7.83.